The summed E-state index contributed by atoms with van der Waals surface area (Å²) in [6, 6.07) is 0. The fraction of sp³-hybridized carbons (Fsp3) is 0.962. The van der Waals surface area contributed by atoms with Gasteiger partial charge in [-0.2, -0.15) is 0 Å². The summed E-state index contributed by atoms with van der Waals surface area (Å²) in [7, 11) is 0. The van der Waals surface area contributed by atoms with E-state index in [1.54, 1.807) is 0 Å². The van der Waals surface area contributed by atoms with E-state index in [1.807, 2.05) is 0 Å². The van der Waals surface area contributed by atoms with Crippen molar-refractivity contribution in [2.45, 2.75) is 149 Å². The quantitative estimate of drug-likeness (QED) is 0.124. The van der Waals surface area contributed by atoms with E-state index in [0.717, 1.165) is 25.7 Å². The highest BCUT2D eigenvalue weighted by Gasteiger charge is 2.02. The molecule has 0 aliphatic heterocycles. The molecule has 0 saturated heterocycles. The van der Waals surface area contributed by atoms with E-state index in [9.17, 15) is 4.79 Å². The van der Waals surface area contributed by atoms with Gasteiger partial charge >= 0.3 is 6.16 Å². The Morgan fingerprint density at radius 2 is 0.690 bits per heavy atom. The Hall–Kier alpha value is -0.730. The molecule has 0 heterocycles. The van der Waals surface area contributed by atoms with Crippen LogP contribution in [0.2, 0.25) is 0 Å². The van der Waals surface area contributed by atoms with Crippen LogP contribution in [0.3, 0.4) is 0 Å². The Balaban J connectivity index is 3.06. The molecule has 0 amide bonds. The first-order valence-corrected chi connectivity index (χ1v) is 13.1. The monoisotopic (exact) mass is 412 g/mol. The van der Waals surface area contributed by atoms with Gasteiger partial charge in [0.25, 0.3) is 0 Å². The van der Waals surface area contributed by atoms with Gasteiger partial charge in [0, 0.05) is 0 Å². The third-order valence-corrected chi connectivity index (χ3v) is 5.69. The van der Waals surface area contributed by atoms with Crippen LogP contribution in [0, 0.1) is 0 Å². The predicted octanol–water partition coefficient (Wildman–Crippen LogP) is 9.37. The van der Waals surface area contributed by atoms with Crippen molar-refractivity contribution in [2.24, 2.45) is 0 Å². The van der Waals surface area contributed by atoms with Gasteiger partial charge in [-0.1, -0.05) is 136 Å². The van der Waals surface area contributed by atoms with Crippen LogP contribution in [0.4, 0.5) is 4.79 Å². The standard InChI is InChI=1S/C26H52O3/c1-3-5-7-8-9-10-11-12-13-14-15-16-17-18-19-20-21-22-23-25-29-26(27)28-24-6-4-2/h3-25H2,1-2H3. The van der Waals surface area contributed by atoms with E-state index in [0.29, 0.717) is 13.2 Å². The number of hydrogen-bond donors (Lipinski definition) is 0. The second-order valence-electron chi connectivity index (χ2n) is 8.66. The minimum atomic E-state index is -0.499. The summed E-state index contributed by atoms with van der Waals surface area (Å²) in [5.74, 6) is 0. The Morgan fingerprint density at radius 1 is 0.414 bits per heavy atom. The van der Waals surface area contributed by atoms with Gasteiger partial charge < -0.3 is 9.47 Å². The molecular formula is C26H52O3. The predicted molar refractivity (Wildman–Crippen MR) is 126 cm³/mol. The smallest absolute Gasteiger partial charge is 0.434 e. The van der Waals surface area contributed by atoms with Gasteiger partial charge in [-0.25, -0.2) is 4.79 Å². The van der Waals surface area contributed by atoms with Crippen molar-refractivity contribution in [1.29, 1.82) is 0 Å². The summed E-state index contributed by atoms with van der Waals surface area (Å²) in [5.41, 5.74) is 0. The summed E-state index contributed by atoms with van der Waals surface area (Å²) < 4.78 is 10.0. The summed E-state index contributed by atoms with van der Waals surface area (Å²) >= 11 is 0. The van der Waals surface area contributed by atoms with Gasteiger partial charge in [-0.15, -0.1) is 0 Å². The van der Waals surface area contributed by atoms with E-state index in [-0.39, 0.29) is 0 Å². The molecule has 3 heteroatoms. The maximum absolute atomic E-state index is 11.3. The molecule has 0 bridgehead atoms. The Labute approximate surface area is 182 Å². The van der Waals surface area contributed by atoms with Crippen LogP contribution < -0.4 is 0 Å². The van der Waals surface area contributed by atoms with Crippen molar-refractivity contribution in [3.8, 4) is 0 Å². The molecule has 0 atom stereocenters. The molecule has 0 spiro atoms. The lowest BCUT2D eigenvalue weighted by molar-refractivity contribution is 0.0532. The second kappa shape index (κ2) is 25.3. The van der Waals surface area contributed by atoms with E-state index >= 15 is 0 Å². The molecule has 0 saturated carbocycles. The summed E-state index contributed by atoms with van der Waals surface area (Å²) in [6.45, 7) is 5.35. The Morgan fingerprint density at radius 3 is 1.03 bits per heavy atom. The zero-order chi connectivity index (χ0) is 21.3. The fourth-order valence-corrected chi connectivity index (χ4v) is 3.68. The molecule has 0 N–H and O–H groups in total. The number of hydrogen-bond acceptors (Lipinski definition) is 3. The molecule has 0 aromatic carbocycles. The average molecular weight is 413 g/mol. The first-order chi connectivity index (χ1) is 14.3. The van der Waals surface area contributed by atoms with Crippen molar-refractivity contribution >= 4 is 6.16 Å². The summed E-state index contributed by atoms with van der Waals surface area (Å²) in [5, 5.41) is 0. The van der Waals surface area contributed by atoms with E-state index < -0.39 is 6.16 Å². The first-order valence-electron chi connectivity index (χ1n) is 13.1. The molecule has 0 unspecified atom stereocenters. The molecule has 0 fully saturated rings. The molecule has 0 aromatic heterocycles. The van der Waals surface area contributed by atoms with E-state index in [2.05, 4.69) is 13.8 Å². The molecule has 0 radical (unpaired) electrons. The lowest BCUT2D eigenvalue weighted by Gasteiger charge is -2.06. The van der Waals surface area contributed by atoms with Crippen LogP contribution in [0.15, 0.2) is 0 Å². The number of ether oxygens (including phenoxy) is 2. The lowest BCUT2D eigenvalue weighted by atomic mass is 10.0. The maximum Gasteiger partial charge on any atom is 0.508 e. The minimum absolute atomic E-state index is 0.481. The lowest BCUT2D eigenvalue weighted by Crippen LogP contribution is -2.09. The van der Waals surface area contributed by atoms with Crippen molar-refractivity contribution in [3.63, 3.8) is 0 Å². The van der Waals surface area contributed by atoms with E-state index in [1.165, 1.54) is 109 Å². The van der Waals surface area contributed by atoms with Crippen molar-refractivity contribution in [2.75, 3.05) is 13.2 Å². The number of carbonyl (C=O) groups is 1. The molecule has 0 aliphatic rings. The first kappa shape index (κ1) is 28.3. The van der Waals surface area contributed by atoms with Crippen LogP contribution in [0.5, 0.6) is 0 Å². The van der Waals surface area contributed by atoms with Crippen molar-refractivity contribution in [3.05, 3.63) is 0 Å². The third-order valence-electron chi connectivity index (χ3n) is 5.69. The number of rotatable bonds is 23. The van der Waals surface area contributed by atoms with Crippen LogP contribution in [0.1, 0.15) is 149 Å². The van der Waals surface area contributed by atoms with Crippen LogP contribution in [-0.4, -0.2) is 19.4 Å². The number of carbonyl (C=O) groups excluding carboxylic acids is 1. The minimum Gasteiger partial charge on any atom is -0.434 e. The molecular weight excluding hydrogens is 360 g/mol. The molecule has 0 aliphatic carbocycles. The normalized spacial score (nSPS) is 11.0. The average Bonchev–Trinajstić information content (AvgIpc) is 2.72. The van der Waals surface area contributed by atoms with Crippen LogP contribution >= 0.6 is 0 Å². The largest absolute Gasteiger partial charge is 0.508 e. The van der Waals surface area contributed by atoms with Gasteiger partial charge in [-0.05, 0) is 12.8 Å². The fourth-order valence-electron chi connectivity index (χ4n) is 3.68. The highest BCUT2D eigenvalue weighted by Crippen LogP contribution is 2.14. The number of unbranched alkanes of at least 4 members (excludes halogenated alkanes) is 19. The van der Waals surface area contributed by atoms with Crippen molar-refractivity contribution in [1.82, 2.24) is 0 Å². The molecule has 174 valence electrons. The zero-order valence-corrected chi connectivity index (χ0v) is 20.0. The Bertz CT molecular complexity index is 317. The van der Waals surface area contributed by atoms with Gasteiger partial charge in [0.15, 0.2) is 0 Å². The maximum atomic E-state index is 11.3. The zero-order valence-electron chi connectivity index (χ0n) is 20.0. The topological polar surface area (TPSA) is 35.5 Å². The van der Waals surface area contributed by atoms with Crippen LogP contribution in [-0.2, 0) is 9.47 Å². The third kappa shape index (κ3) is 25.2. The highest BCUT2D eigenvalue weighted by molar-refractivity contribution is 5.59. The highest BCUT2D eigenvalue weighted by atomic mass is 16.7. The summed E-state index contributed by atoms with van der Waals surface area (Å²) in [4.78, 5) is 11.3. The molecule has 3 nitrogen and oxygen atoms in total. The molecule has 0 rings (SSSR count). The van der Waals surface area contributed by atoms with Gasteiger partial charge in [0.1, 0.15) is 0 Å². The Kier molecular flexibility index (Phi) is 24.7. The van der Waals surface area contributed by atoms with E-state index in [4.69, 9.17) is 9.47 Å². The SMILES string of the molecule is CCCCCCCCCCCCCCCCCCCCCOC(=O)OCCCC. The van der Waals surface area contributed by atoms with Gasteiger partial charge in [0.2, 0.25) is 0 Å². The molecule has 0 aromatic rings. The van der Waals surface area contributed by atoms with Crippen LogP contribution in [0.25, 0.3) is 0 Å². The van der Waals surface area contributed by atoms with Gasteiger partial charge in [-0.3, -0.25) is 0 Å². The second-order valence-corrected chi connectivity index (χ2v) is 8.66. The summed E-state index contributed by atoms with van der Waals surface area (Å²) in [6.07, 6.45) is 27.5. The van der Waals surface area contributed by atoms with Gasteiger partial charge in [0.05, 0.1) is 13.2 Å². The molecule has 29 heavy (non-hydrogen) atoms. The van der Waals surface area contributed by atoms with Crippen molar-refractivity contribution < 1.29 is 14.3 Å².